The molecule has 2 aromatic heterocycles. The van der Waals surface area contributed by atoms with Crippen LogP contribution in [0, 0.1) is 6.92 Å². The van der Waals surface area contributed by atoms with Crippen LogP contribution in [0.2, 0.25) is 0 Å². The molecular formula is C22H19N3OS. The summed E-state index contributed by atoms with van der Waals surface area (Å²) in [5, 5.41) is 6.71. The Morgan fingerprint density at radius 2 is 1.74 bits per heavy atom. The van der Waals surface area contributed by atoms with E-state index in [2.05, 4.69) is 0 Å². The molecule has 27 heavy (non-hydrogen) atoms. The normalized spacial score (nSPS) is 10.7. The highest BCUT2D eigenvalue weighted by atomic mass is 32.1. The molecule has 0 N–H and O–H groups in total. The van der Waals surface area contributed by atoms with Crippen molar-refractivity contribution >= 4 is 22.9 Å². The van der Waals surface area contributed by atoms with Crippen molar-refractivity contribution < 1.29 is 4.79 Å². The van der Waals surface area contributed by atoms with Gasteiger partial charge in [0.1, 0.15) is 5.69 Å². The standard InChI is InChI=1S/C22H19N3OS/c1-16-10-12-17(13-11-16)24(2)22(26)19-15-25(18-7-4-3-5-8-18)23-21(19)20-9-6-14-27-20/h3-15H,1-2H3. The van der Waals surface area contributed by atoms with Crippen molar-refractivity contribution in [3.8, 4) is 16.3 Å². The van der Waals surface area contributed by atoms with E-state index in [1.165, 1.54) is 0 Å². The van der Waals surface area contributed by atoms with Crippen molar-refractivity contribution in [2.45, 2.75) is 6.92 Å². The average Bonchev–Trinajstić information content (AvgIpc) is 3.38. The number of anilines is 1. The number of amides is 1. The summed E-state index contributed by atoms with van der Waals surface area (Å²) in [4.78, 5) is 15.9. The minimum Gasteiger partial charge on any atom is -0.311 e. The second-order valence-corrected chi connectivity index (χ2v) is 7.30. The lowest BCUT2D eigenvalue weighted by atomic mass is 10.1. The lowest BCUT2D eigenvalue weighted by Gasteiger charge is -2.17. The fourth-order valence-electron chi connectivity index (χ4n) is 2.91. The number of carbonyl (C=O) groups excluding carboxylic acids is 1. The molecule has 0 aliphatic heterocycles. The van der Waals surface area contributed by atoms with E-state index in [4.69, 9.17) is 5.10 Å². The first-order chi connectivity index (χ1) is 13.1. The molecule has 4 nitrogen and oxygen atoms in total. The number of carbonyl (C=O) groups is 1. The third-order valence-corrected chi connectivity index (χ3v) is 5.32. The van der Waals surface area contributed by atoms with E-state index in [0.29, 0.717) is 11.3 Å². The van der Waals surface area contributed by atoms with Gasteiger partial charge in [-0.25, -0.2) is 4.68 Å². The van der Waals surface area contributed by atoms with E-state index in [0.717, 1.165) is 21.8 Å². The molecule has 0 saturated carbocycles. The Balaban J connectivity index is 1.77. The largest absolute Gasteiger partial charge is 0.311 e. The lowest BCUT2D eigenvalue weighted by Crippen LogP contribution is -2.26. The zero-order valence-electron chi connectivity index (χ0n) is 15.2. The molecule has 0 atom stereocenters. The molecule has 5 heteroatoms. The smallest absolute Gasteiger partial charge is 0.261 e. The van der Waals surface area contributed by atoms with Crippen molar-refractivity contribution in [3.63, 3.8) is 0 Å². The van der Waals surface area contributed by atoms with Crippen LogP contribution in [0.3, 0.4) is 0 Å². The van der Waals surface area contributed by atoms with Crippen molar-refractivity contribution in [1.82, 2.24) is 9.78 Å². The minimum atomic E-state index is -0.0792. The number of thiophene rings is 1. The molecule has 2 aromatic carbocycles. The van der Waals surface area contributed by atoms with E-state index in [1.807, 2.05) is 85.2 Å². The van der Waals surface area contributed by atoms with Gasteiger partial charge < -0.3 is 4.90 Å². The Morgan fingerprint density at radius 1 is 1.00 bits per heavy atom. The van der Waals surface area contributed by atoms with Crippen LogP contribution in [0.1, 0.15) is 15.9 Å². The van der Waals surface area contributed by atoms with Crippen LogP contribution in [0.15, 0.2) is 78.3 Å². The lowest BCUT2D eigenvalue weighted by molar-refractivity contribution is 0.0993. The van der Waals surface area contributed by atoms with Crippen LogP contribution in [0.25, 0.3) is 16.3 Å². The number of para-hydroxylation sites is 1. The Labute approximate surface area is 162 Å². The molecule has 0 saturated heterocycles. The first-order valence-electron chi connectivity index (χ1n) is 8.67. The SMILES string of the molecule is Cc1ccc(N(C)C(=O)c2cn(-c3ccccc3)nc2-c2cccs2)cc1. The second kappa shape index (κ2) is 7.21. The van der Waals surface area contributed by atoms with E-state index >= 15 is 0 Å². The molecule has 0 aliphatic carbocycles. The molecule has 0 bridgehead atoms. The summed E-state index contributed by atoms with van der Waals surface area (Å²) in [5.41, 5.74) is 4.24. The van der Waals surface area contributed by atoms with Gasteiger partial charge in [-0.3, -0.25) is 4.79 Å². The topological polar surface area (TPSA) is 38.1 Å². The third-order valence-electron chi connectivity index (χ3n) is 4.45. The highest BCUT2D eigenvalue weighted by Gasteiger charge is 2.23. The van der Waals surface area contributed by atoms with E-state index in [1.54, 1.807) is 28.0 Å². The number of benzene rings is 2. The Morgan fingerprint density at radius 3 is 2.41 bits per heavy atom. The van der Waals surface area contributed by atoms with Gasteiger partial charge in [-0.1, -0.05) is 42.0 Å². The fraction of sp³-hybridized carbons (Fsp3) is 0.0909. The van der Waals surface area contributed by atoms with Crippen LogP contribution in [0.4, 0.5) is 5.69 Å². The molecule has 0 radical (unpaired) electrons. The molecule has 0 fully saturated rings. The predicted octanol–water partition coefficient (Wildman–Crippen LogP) is 5.19. The van der Waals surface area contributed by atoms with Crippen LogP contribution in [0.5, 0.6) is 0 Å². The highest BCUT2D eigenvalue weighted by molar-refractivity contribution is 7.13. The van der Waals surface area contributed by atoms with Crippen molar-refractivity contribution in [3.05, 3.63) is 89.4 Å². The molecule has 4 aromatic rings. The monoisotopic (exact) mass is 373 g/mol. The quantitative estimate of drug-likeness (QED) is 0.494. The fourth-order valence-corrected chi connectivity index (χ4v) is 3.63. The maximum Gasteiger partial charge on any atom is 0.261 e. The summed E-state index contributed by atoms with van der Waals surface area (Å²) in [5.74, 6) is -0.0792. The summed E-state index contributed by atoms with van der Waals surface area (Å²) in [6, 6.07) is 21.7. The summed E-state index contributed by atoms with van der Waals surface area (Å²) < 4.78 is 1.77. The van der Waals surface area contributed by atoms with Gasteiger partial charge in [0, 0.05) is 18.9 Å². The molecule has 0 aliphatic rings. The van der Waals surface area contributed by atoms with Crippen molar-refractivity contribution in [2.24, 2.45) is 0 Å². The summed E-state index contributed by atoms with van der Waals surface area (Å²) in [6.07, 6.45) is 1.82. The predicted molar refractivity (Wildman–Crippen MR) is 111 cm³/mol. The number of nitrogens with zero attached hydrogens (tertiary/aromatic N) is 3. The Bertz CT molecular complexity index is 1050. The maximum absolute atomic E-state index is 13.3. The van der Waals surface area contributed by atoms with Crippen LogP contribution < -0.4 is 4.90 Å². The molecular weight excluding hydrogens is 354 g/mol. The van der Waals surface area contributed by atoms with Gasteiger partial charge in [0.05, 0.1) is 16.1 Å². The third kappa shape index (κ3) is 3.41. The molecule has 0 spiro atoms. The van der Waals surface area contributed by atoms with Gasteiger partial charge in [-0.2, -0.15) is 5.10 Å². The molecule has 1 amide bonds. The van der Waals surface area contributed by atoms with Gasteiger partial charge in [0.2, 0.25) is 0 Å². The van der Waals surface area contributed by atoms with Crippen LogP contribution in [-0.2, 0) is 0 Å². The molecule has 4 rings (SSSR count). The van der Waals surface area contributed by atoms with Gasteiger partial charge in [0.15, 0.2) is 0 Å². The van der Waals surface area contributed by atoms with Crippen LogP contribution in [-0.4, -0.2) is 22.7 Å². The number of aromatic nitrogens is 2. The summed E-state index contributed by atoms with van der Waals surface area (Å²) in [6.45, 7) is 2.03. The van der Waals surface area contributed by atoms with Crippen LogP contribution >= 0.6 is 11.3 Å². The van der Waals surface area contributed by atoms with Gasteiger partial charge >= 0.3 is 0 Å². The average molecular weight is 373 g/mol. The van der Waals surface area contributed by atoms with E-state index in [-0.39, 0.29) is 5.91 Å². The number of rotatable bonds is 4. The number of aryl methyl sites for hydroxylation is 1. The first-order valence-corrected chi connectivity index (χ1v) is 9.55. The van der Waals surface area contributed by atoms with Crippen molar-refractivity contribution in [2.75, 3.05) is 11.9 Å². The zero-order chi connectivity index (χ0) is 18.8. The maximum atomic E-state index is 13.3. The van der Waals surface area contributed by atoms with Gasteiger partial charge in [-0.15, -0.1) is 11.3 Å². The van der Waals surface area contributed by atoms with Gasteiger partial charge in [-0.05, 0) is 42.6 Å². The second-order valence-electron chi connectivity index (χ2n) is 6.35. The van der Waals surface area contributed by atoms with Crippen molar-refractivity contribution in [1.29, 1.82) is 0 Å². The molecule has 2 heterocycles. The Kier molecular flexibility index (Phi) is 4.60. The molecule has 0 unspecified atom stereocenters. The van der Waals surface area contributed by atoms with E-state index < -0.39 is 0 Å². The number of hydrogen-bond donors (Lipinski definition) is 0. The van der Waals surface area contributed by atoms with Gasteiger partial charge in [0.25, 0.3) is 5.91 Å². The highest BCUT2D eigenvalue weighted by Crippen LogP contribution is 2.29. The zero-order valence-corrected chi connectivity index (χ0v) is 16.0. The Hall–Kier alpha value is -3.18. The minimum absolute atomic E-state index is 0.0792. The van der Waals surface area contributed by atoms with E-state index in [9.17, 15) is 4.79 Å². The first kappa shape index (κ1) is 17.2. The molecule has 134 valence electrons. The summed E-state index contributed by atoms with van der Waals surface area (Å²) >= 11 is 1.58. The summed E-state index contributed by atoms with van der Waals surface area (Å²) in [7, 11) is 1.80. The number of hydrogen-bond acceptors (Lipinski definition) is 3.